The lowest BCUT2D eigenvalue weighted by Crippen LogP contribution is -2.66. The zero-order valence-electron chi connectivity index (χ0n) is 24.9. The van der Waals surface area contributed by atoms with E-state index in [4.69, 9.17) is 0 Å². The molecule has 2 unspecified atom stereocenters. The minimum atomic E-state index is -0.292. The van der Waals surface area contributed by atoms with E-state index in [1.807, 2.05) is 43.7 Å². The molecule has 0 aliphatic carbocycles. The lowest BCUT2D eigenvalue weighted by atomic mass is 9.75. The van der Waals surface area contributed by atoms with Crippen molar-refractivity contribution in [1.82, 2.24) is 35.4 Å². The molecule has 2 aliphatic heterocycles. The minimum absolute atomic E-state index is 0.00493. The third-order valence-corrected chi connectivity index (χ3v) is 8.47. The number of nitrogens with zero attached hydrogens (tertiary/aromatic N) is 5. The molecule has 2 fully saturated rings. The number of aromatic nitrogens is 3. The fourth-order valence-corrected chi connectivity index (χ4v) is 5.41. The molecule has 2 atom stereocenters. The number of β-lactam (4-membered cyclic amide) rings is 1. The van der Waals surface area contributed by atoms with Crippen LogP contribution >= 0.6 is 0 Å². The Bertz CT molecular complexity index is 1010. The molecule has 2 aliphatic rings. The monoisotopic (exact) mass is 559 g/mol. The third kappa shape index (κ3) is 9.02. The second-order valence-corrected chi connectivity index (χ2v) is 12.0. The first kappa shape index (κ1) is 31.5. The molecule has 0 saturated carbocycles. The summed E-state index contributed by atoms with van der Waals surface area (Å²) in [6.07, 6.45) is 10.1. The largest absolute Gasteiger partial charge is 0.354 e. The van der Waals surface area contributed by atoms with Crippen molar-refractivity contribution in [3.05, 3.63) is 11.9 Å². The quantitative estimate of drug-likeness (QED) is 0.223. The summed E-state index contributed by atoms with van der Waals surface area (Å²) in [5.74, 6) is 0.591. The Kier molecular flexibility index (Phi) is 11.9. The van der Waals surface area contributed by atoms with Gasteiger partial charge in [0.25, 0.3) is 0 Å². The fourth-order valence-electron chi connectivity index (χ4n) is 5.41. The highest BCUT2D eigenvalue weighted by Crippen LogP contribution is 2.37. The van der Waals surface area contributed by atoms with Crippen molar-refractivity contribution in [3.8, 4) is 0 Å². The van der Waals surface area contributed by atoms with Crippen LogP contribution in [0.25, 0.3) is 0 Å². The van der Waals surface area contributed by atoms with Crippen LogP contribution in [0.15, 0.2) is 6.20 Å². The maximum absolute atomic E-state index is 12.2. The second-order valence-electron chi connectivity index (χ2n) is 12.0. The standard InChI is InChI=1S/C29H49N7O4/c1-22-12-11-17-34(27(22)39)16-9-5-7-14-26(38)31-20-24-21-35(33-32-24)18-10-6-8-13-25(37)30-15-19-36-23(2)29(3,4)28(36)40/h21-23H,5-20H2,1-4H3,(H,30,37)(H,31,38). The van der Waals surface area contributed by atoms with E-state index < -0.39 is 0 Å². The Balaban J connectivity index is 1.16. The molecule has 4 amide bonds. The Hall–Kier alpha value is -2.98. The molecule has 3 heterocycles. The molecule has 2 saturated heterocycles. The molecule has 1 aromatic heterocycles. The van der Waals surface area contributed by atoms with Crippen molar-refractivity contribution in [2.75, 3.05) is 26.2 Å². The Morgan fingerprint density at radius 3 is 2.33 bits per heavy atom. The number of amides is 4. The first-order valence-electron chi connectivity index (χ1n) is 15.1. The summed E-state index contributed by atoms with van der Waals surface area (Å²) in [4.78, 5) is 52.3. The van der Waals surface area contributed by atoms with Crippen LogP contribution in [0.4, 0.5) is 0 Å². The molecule has 0 radical (unpaired) electrons. The minimum Gasteiger partial charge on any atom is -0.354 e. The van der Waals surface area contributed by atoms with Gasteiger partial charge in [-0.3, -0.25) is 23.9 Å². The van der Waals surface area contributed by atoms with E-state index in [-0.39, 0.29) is 41.0 Å². The summed E-state index contributed by atoms with van der Waals surface area (Å²) in [5, 5.41) is 14.1. The summed E-state index contributed by atoms with van der Waals surface area (Å²) in [5.41, 5.74) is 0.433. The lowest BCUT2D eigenvalue weighted by Gasteiger charge is -2.51. The third-order valence-electron chi connectivity index (χ3n) is 8.47. The molecule has 0 aromatic carbocycles. The maximum Gasteiger partial charge on any atom is 0.230 e. The first-order chi connectivity index (χ1) is 19.1. The first-order valence-corrected chi connectivity index (χ1v) is 15.1. The number of piperidine rings is 1. The number of hydrogen-bond donors (Lipinski definition) is 2. The smallest absolute Gasteiger partial charge is 0.230 e. The van der Waals surface area contributed by atoms with Crippen LogP contribution in [-0.2, 0) is 32.3 Å². The molecule has 1 aromatic rings. The zero-order chi connectivity index (χ0) is 29.1. The van der Waals surface area contributed by atoms with Crippen molar-refractivity contribution in [3.63, 3.8) is 0 Å². The molecule has 0 spiro atoms. The van der Waals surface area contributed by atoms with Crippen molar-refractivity contribution in [2.24, 2.45) is 11.3 Å². The summed E-state index contributed by atoms with van der Waals surface area (Å²) >= 11 is 0. The highest BCUT2D eigenvalue weighted by atomic mass is 16.2. The predicted octanol–water partition coefficient (Wildman–Crippen LogP) is 2.65. The van der Waals surface area contributed by atoms with Crippen LogP contribution in [-0.4, -0.2) is 80.6 Å². The van der Waals surface area contributed by atoms with E-state index in [1.165, 1.54) is 0 Å². The van der Waals surface area contributed by atoms with Gasteiger partial charge in [0.1, 0.15) is 5.69 Å². The van der Waals surface area contributed by atoms with E-state index in [0.29, 0.717) is 39.0 Å². The van der Waals surface area contributed by atoms with Crippen molar-refractivity contribution in [2.45, 2.75) is 111 Å². The molecule has 11 nitrogen and oxygen atoms in total. The molecule has 224 valence electrons. The van der Waals surface area contributed by atoms with Gasteiger partial charge in [-0.2, -0.15) is 0 Å². The van der Waals surface area contributed by atoms with Crippen LogP contribution in [0, 0.1) is 11.3 Å². The summed E-state index contributed by atoms with van der Waals surface area (Å²) in [7, 11) is 0. The Labute approximate surface area is 238 Å². The molecule has 3 rings (SSSR count). The highest BCUT2D eigenvalue weighted by Gasteiger charge is 2.50. The predicted molar refractivity (Wildman–Crippen MR) is 152 cm³/mol. The van der Waals surface area contributed by atoms with Crippen molar-refractivity contribution >= 4 is 23.6 Å². The van der Waals surface area contributed by atoms with E-state index in [9.17, 15) is 19.2 Å². The number of carbonyl (C=O) groups excluding carboxylic acids is 4. The van der Waals surface area contributed by atoms with Gasteiger partial charge in [0, 0.05) is 57.5 Å². The van der Waals surface area contributed by atoms with Gasteiger partial charge in [-0.05, 0) is 59.3 Å². The Morgan fingerprint density at radius 1 is 0.950 bits per heavy atom. The topological polar surface area (TPSA) is 130 Å². The van der Waals surface area contributed by atoms with E-state index in [2.05, 4.69) is 20.9 Å². The number of rotatable bonds is 17. The normalized spacial score (nSPS) is 20.4. The summed E-state index contributed by atoms with van der Waals surface area (Å²) in [6.45, 7) is 11.7. The van der Waals surface area contributed by atoms with Crippen molar-refractivity contribution < 1.29 is 19.2 Å². The molecular weight excluding hydrogens is 510 g/mol. The van der Waals surface area contributed by atoms with Crippen LogP contribution in [0.2, 0.25) is 0 Å². The van der Waals surface area contributed by atoms with Crippen LogP contribution in [0.1, 0.15) is 97.6 Å². The van der Waals surface area contributed by atoms with Crippen LogP contribution in [0.3, 0.4) is 0 Å². The number of aryl methyl sites for hydroxylation is 1. The van der Waals surface area contributed by atoms with Crippen LogP contribution < -0.4 is 10.6 Å². The molecule has 11 heteroatoms. The van der Waals surface area contributed by atoms with E-state index >= 15 is 0 Å². The van der Waals surface area contributed by atoms with Gasteiger partial charge in [0.05, 0.1) is 18.2 Å². The average molecular weight is 560 g/mol. The number of nitrogens with one attached hydrogen (secondary N) is 2. The molecule has 40 heavy (non-hydrogen) atoms. The van der Waals surface area contributed by atoms with Crippen molar-refractivity contribution in [1.29, 1.82) is 0 Å². The van der Waals surface area contributed by atoms with Gasteiger partial charge in [0.2, 0.25) is 23.6 Å². The molecule has 0 bridgehead atoms. The van der Waals surface area contributed by atoms with E-state index in [1.54, 1.807) is 4.68 Å². The maximum atomic E-state index is 12.2. The molecular formula is C29H49N7O4. The molecule has 2 N–H and O–H groups in total. The number of likely N-dealkylation sites (tertiary alicyclic amines) is 2. The van der Waals surface area contributed by atoms with E-state index in [0.717, 1.165) is 70.2 Å². The fraction of sp³-hybridized carbons (Fsp3) is 0.793. The van der Waals surface area contributed by atoms with Gasteiger partial charge < -0.3 is 20.4 Å². The van der Waals surface area contributed by atoms with Gasteiger partial charge >= 0.3 is 0 Å². The highest BCUT2D eigenvalue weighted by molar-refractivity contribution is 5.89. The van der Waals surface area contributed by atoms with Gasteiger partial charge in [-0.25, -0.2) is 0 Å². The average Bonchev–Trinajstić information content (AvgIpc) is 3.39. The summed E-state index contributed by atoms with van der Waals surface area (Å²) in [6, 6.07) is 0.202. The number of unbranched alkanes of at least 4 members (excludes halogenated alkanes) is 4. The van der Waals surface area contributed by atoms with Gasteiger partial charge in [-0.15, -0.1) is 5.10 Å². The number of carbonyl (C=O) groups is 4. The van der Waals surface area contributed by atoms with Gasteiger partial charge in [-0.1, -0.05) is 25.0 Å². The SMILES string of the molecule is CC1CCCN(CCCCCC(=O)NCc2cn(CCCCCC(=O)NCCN3C(=O)C(C)(C)C3C)nn2)C1=O. The zero-order valence-corrected chi connectivity index (χ0v) is 24.9. The van der Waals surface area contributed by atoms with Crippen LogP contribution in [0.5, 0.6) is 0 Å². The second kappa shape index (κ2) is 15.1. The number of hydrogen-bond acceptors (Lipinski definition) is 6. The Morgan fingerprint density at radius 2 is 1.62 bits per heavy atom. The van der Waals surface area contributed by atoms with Gasteiger partial charge in [0.15, 0.2) is 0 Å². The summed E-state index contributed by atoms with van der Waals surface area (Å²) < 4.78 is 1.77. The lowest BCUT2D eigenvalue weighted by molar-refractivity contribution is -0.166.